The molecular weight excluding hydrogens is 290 g/mol. The predicted molar refractivity (Wildman–Crippen MR) is 64.2 cm³/mol. The van der Waals surface area contributed by atoms with Gasteiger partial charge in [-0.1, -0.05) is 15.9 Å². The summed E-state index contributed by atoms with van der Waals surface area (Å²) in [6.45, 7) is 1.92. The van der Waals surface area contributed by atoms with E-state index in [0.29, 0.717) is 21.5 Å². The molecule has 1 aliphatic rings. The molecule has 5 nitrogen and oxygen atoms in total. The minimum absolute atomic E-state index is 0.0962. The van der Waals surface area contributed by atoms with E-state index in [1.807, 2.05) is 0 Å². The molecule has 0 saturated carbocycles. The van der Waals surface area contributed by atoms with Gasteiger partial charge in [-0.25, -0.2) is 4.79 Å². The Morgan fingerprint density at radius 1 is 1.59 bits per heavy atom. The summed E-state index contributed by atoms with van der Waals surface area (Å²) < 4.78 is 10.9. The van der Waals surface area contributed by atoms with Gasteiger partial charge in [-0.15, -0.1) is 0 Å². The summed E-state index contributed by atoms with van der Waals surface area (Å²) in [4.78, 5) is 22.9. The molecule has 0 radical (unpaired) electrons. The molecule has 0 saturated heterocycles. The summed E-state index contributed by atoms with van der Waals surface area (Å²) in [5, 5.41) is 2.64. The van der Waals surface area contributed by atoms with E-state index in [0.717, 1.165) is 0 Å². The number of esters is 1. The lowest BCUT2D eigenvalue weighted by molar-refractivity contribution is -0.118. The smallest absolute Gasteiger partial charge is 0.342 e. The van der Waals surface area contributed by atoms with Gasteiger partial charge in [0.25, 0.3) is 5.91 Å². The van der Waals surface area contributed by atoms with Crippen LogP contribution in [0.2, 0.25) is 0 Å². The number of nitrogens with one attached hydrogen (secondary N) is 1. The van der Waals surface area contributed by atoms with Gasteiger partial charge in [-0.3, -0.25) is 4.79 Å². The number of halogens is 1. The number of amides is 1. The molecule has 1 aliphatic heterocycles. The highest BCUT2D eigenvalue weighted by Crippen LogP contribution is 2.35. The molecule has 1 N–H and O–H groups in total. The molecule has 1 amide bonds. The molecule has 2 rings (SSSR count). The Hall–Kier alpha value is -1.56. The highest BCUT2D eigenvalue weighted by atomic mass is 79.9. The van der Waals surface area contributed by atoms with E-state index in [-0.39, 0.29) is 19.1 Å². The van der Waals surface area contributed by atoms with Crippen molar-refractivity contribution in [3.8, 4) is 5.75 Å². The number of carbonyl (C=O) groups is 2. The number of anilines is 1. The molecule has 0 atom stereocenters. The lowest BCUT2D eigenvalue weighted by Crippen LogP contribution is -2.26. The Morgan fingerprint density at radius 3 is 3.06 bits per heavy atom. The quantitative estimate of drug-likeness (QED) is 0.848. The van der Waals surface area contributed by atoms with Crippen LogP contribution in [0.4, 0.5) is 5.69 Å². The fourth-order valence-electron chi connectivity index (χ4n) is 1.53. The fourth-order valence-corrected chi connectivity index (χ4v) is 1.98. The van der Waals surface area contributed by atoms with Crippen molar-refractivity contribution >= 4 is 33.5 Å². The molecule has 0 fully saturated rings. The minimum Gasteiger partial charge on any atom is -0.481 e. The van der Waals surface area contributed by atoms with E-state index < -0.39 is 5.97 Å². The highest BCUT2D eigenvalue weighted by Gasteiger charge is 2.24. The molecule has 0 bridgehead atoms. The molecule has 90 valence electrons. The van der Waals surface area contributed by atoms with Gasteiger partial charge in [0.05, 0.1) is 12.3 Å². The van der Waals surface area contributed by atoms with E-state index in [1.165, 1.54) is 0 Å². The highest BCUT2D eigenvalue weighted by molar-refractivity contribution is 9.10. The Bertz CT molecular complexity index is 487. The zero-order chi connectivity index (χ0) is 12.4. The summed E-state index contributed by atoms with van der Waals surface area (Å²) in [6, 6.07) is 3.28. The molecular formula is C11H10BrNO4. The van der Waals surface area contributed by atoms with Crippen LogP contribution in [0.25, 0.3) is 0 Å². The maximum absolute atomic E-state index is 11.7. The van der Waals surface area contributed by atoms with E-state index in [4.69, 9.17) is 9.47 Å². The van der Waals surface area contributed by atoms with Gasteiger partial charge >= 0.3 is 5.97 Å². The van der Waals surface area contributed by atoms with Gasteiger partial charge in [0.1, 0.15) is 5.56 Å². The first kappa shape index (κ1) is 11.9. The monoisotopic (exact) mass is 299 g/mol. The van der Waals surface area contributed by atoms with Gasteiger partial charge in [-0.2, -0.15) is 0 Å². The first-order valence-electron chi connectivity index (χ1n) is 5.05. The molecule has 0 spiro atoms. The van der Waals surface area contributed by atoms with Crippen molar-refractivity contribution < 1.29 is 19.1 Å². The predicted octanol–water partition coefficient (Wildman–Crippen LogP) is 1.96. The molecule has 17 heavy (non-hydrogen) atoms. The average molecular weight is 300 g/mol. The van der Waals surface area contributed by atoms with Crippen molar-refractivity contribution in [2.24, 2.45) is 0 Å². The van der Waals surface area contributed by atoms with Crippen LogP contribution in [0.1, 0.15) is 17.3 Å². The van der Waals surface area contributed by atoms with E-state index in [2.05, 4.69) is 21.2 Å². The molecule has 1 aromatic carbocycles. The first-order valence-corrected chi connectivity index (χ1v) is 5.84. The van der Waals surface area contributed by atoms with Crippen LogP contribution in [0.3, 0.4) is 0 Å². The zero-order valence-corrected chi connectivity index (χ0v) is 10.7. The van der Waals surface area contributed by atoms with E-state index in [9.17, 15) is 9.59 Å². The average Bonchev–Trinajstić information content (AvgIpc) is 2.27. The second-order valence-corrected chi connectivity index (χ2v) is 4.30. The van der Waals surface area contributed by atoms with Crippen molar-refractivity contribution in [2.75, 3.05) is 18.5 Å². The standard InChI is InChI=1S/C11H10BrNO4/c1-2-16-11(15)7-3-6(12)4-8-10(7)17-5-9(14)13-8/h3-4H,2,5H2,1H3,(H,13,14). The molecule has 0 aromatic heterocycles. The minimum atomic E-state index is -0.471. The second-order valence-electron chi connectivity index (χ2n) is 3.39. The molecule has 1 heterocycles. The third-order valence-corrected chi connectivity index (χ3v) is 2.63. The largest absolute Gasteiger partial charge is 0.481 e. The molecule has 0 unspecified atom stereocenters. The number of ether oxygens (including phenoxy) is 2. The number of carbonyl (C=O) groups excluding carboxylic acids is 2. The van der Waals surface area contributed by atoms with Crippen molar-refractivity contribution in [3.63, 3.8) is 0 Å². The van der Waals surface area contributed by atoms with Gasteiger partial charge in [0, 0.05) is 4.47 Å². The number of hydrogen-bond acceptors (Lipinski definition) is 4. The van der Waals surface area contributed by atoms with Crippen LogP contribution in [-0.2, 0) is 9.53 Å². The van der Waals surface area contributed by atoms with Gasteiger partial charge < -0.3 is 14.8 Å². The van der Waals surface area contributed by atoms with Gasteiger partial charge in [0.15, 0.2) is 12.4 Å². The Balaban J connectivity index is 2.45. The van der Waals surface area contributed by atoms with Gasteiger partial charge in [-0.05, 0) is 19.1 Å². The van der Waals surface area contributed by atoms with E-state index >= 15 is 0 Å². The number of hydrogen-bond donors (Lipinski definition) is 1. The van der Waals surface area contributed by atoms with Crippen LogP contribution in [0.5, 0.6) is 5.75 Å². The Labute approximate surface area is 106 Å². The third kappa shape index (κ3) is 2.41. The summed E-state index contributed by atoms with van der Waals surface area (Å²) >= 11 is 3.27. The second kappa shape index (κ2) is 4.75. The SMILES string of the molecule is CCOC(=O)c1cc(Br)cc2c1OCC(=O)N2. The maximum Gasteiger partial charge on any atom is 0.342 e. The van der Waals surface area contributed by atoms with E-state index in [1.54, 1.807) is 19.1 Å². The zero-order valence-electron chi connectivity index (χ0n) is 9.08. The lowest BCUT2D eigenvalue weighted by atomic mass is 10.1. The fraction of sp³-hybridized carbons (Fsp3) is 0.273. The lowest BCUT2D eigenvalue weighted by Gasteiger charge is -2.20. The third-order valence-electron chi connectivity index (χ3n) is 2.17. The maximum atomic E-state index is 11.7. The van der Waals surface area contributed by atoms with Crippen LogP contribution in [0, 0.1) is 0 Å². The van der Waals surface area contributed by atoms with Crippen LogP contribution < -0.4 is 10.1 Å². The molecule has 1 aromatic rings. The number of rotatable bonds is 2. The van der Waals surface area contributed by atoms with Gasteiger partial charge in [0.2, 0.25) is 0 Å². The van der Waals surface area contributed by atoms with Crippen molar-refractivity contribution in [1.82, 2.24) is 0 Å². The van der Waals surface area contributed by atoms with Crippen LogP contribution >= 0.6 is 15.9 Å². The molecule has 6 heteroatoms. The number of benzene rings is 1. The normalized spacial score (nSPS) is 13.4. The summed E-state index contributed by atoms with van der Waals surface area (Å²) in [5.41, 5.74) is 0.773. The Kier molecular flexibility index (Phi) is 3.33. The first-order chi connectivity index (χ1) is 8.11. The Morgan fingerprint density at radius 2 is 2.35 bits per heavy atom. The summed E-state index contributed by atoms with van der Waals surface area (Å²) in [7, 11) is 0. The molecule has 0 aliphatic carbocycles. The van der Waals surface area contributed by atoms with Crippen LogP contribution in [0.15, 0.2) is 16.6 Å². The summed E-state index contributed by atoms with van der Waals surface area (Å²) in [6.07, 6.45) is 0. The van der Waals surface area contributed by atoms with Crippen molar-refractivity contribution in [3.05, 3.63) is 22.2 Å². The number of fused-ring (bicyclic) bond motifs is 1. The topological polar surface area (TPSA) is 64.6 Å². The summed E-state index contributed by atoms with van der Waals surface area (Å²) in [5.74, 6) is -0.363. The van der Waals surface area contributed by atoms with Crippen LogP contribution in [-0.4, -0.2) is 25.1 Å². The van der Waals surface area contributed by atoms with Crippen molar-refractivity contribution in [1.29, 1.82) is 0 Å². The van der Waals surface area contributed by atoms with Crippen molar-refractivity contribution in [2.45, 2.75) is 6.92 Å².